The highest BCUT2D eigenvalue weighted by atomic mass is 32.1. The van der Waals surface area contributed by atoms with Gasteiger partial charge in [-0.3, -0.25) is 10.1 Å². The Morgan fingerprint density at radius 1 is 0.818 bits per heavy atom. The smallest absolute Gasteiger partial charge is 0.257 e. The quantitative estimate of drug-likeness (QED) is 0.324. The second kappa shape index (κ2) is 9.27. The highest BCUT2D eigenvalue weighted by Crippen LogP contribution is 2.37. The summed E-state index contributed by atoms with van der Waals surface area (Å²) in [6, 6.07) is 31.6. The lowest BCUT2D eigenvalue weighted by atomic mass is 10.1. The third-order valence-corrected chi connectivity index (χ3v) is 5.85. The van der Waals surface area contributed by atoms with Crippen molar-refractivity contribution in [3.63, 3.8) is 0 Å². The predicted molar refractivity (Wildman–Crippen MR) is 136 cm³/mol. The number of carbonyl (C=O) groups excluding carboxylic acids is 1. The Morgan fingerprint density at radius 2 is 1.55 bits per heavy atom. The van der Waals surface area contributed by atoms with E-state index in [9.17, 15) is 4.79 Å². The average molecular weight is 451 g/mol. The van der Waals surface area contributed by atoms with Gasteiger partial charge in [0.15, 0.2) is 5.11 Å². The zero-order valence-corrected chi connectivity index (χ0v) is 18.7. The van der Waals surface area contributed by atoms with Crippen molar-refractivity contribution in [2.24, 2.45) is 0 Å². The lowest BCUT2D eigenvalue weighted by molar-refractivity contribution is 0.0977. The summed E-state index contributed by atoms with van der Waals surface area (Å²) in [6.45, 7) is 0.478. The third-order valence-electron chi connectivity index (χ3n) is 5.64. The molecule has 1 aliphatic carbocycles. The normalized spacial score (nSPS) is 11.3. The number of benzene rings is 4. The van der Waals surface area contributed by atoms with Crippen LogP contribution < -0.4 is 15.4 Å². The maximum atomic E-state index is 12.6. The van der Waals surface area contributed by atoms with Crippen LogP contribution in [0.1, 0.15) is 27.0 Å². The largest absolute Gasteiger partial charge is 0.489 e. The summed E-state index contributed by atoms with van der Waals surface area (Å²) in [6.07, 6.45) is 0.902. The molecule has 1 aliphatic rings. The monoisotopic (exact) mass is 450 g/mol. The lowest BCUT2D eigenvalue weighted by Crippen LogP contribution is -2.34. The van der Waals surface area contributed by atoms with Crippen molar-refractivity contribution in [3.8, 4) is 16.9 Å². The van der Waals surface area contributed by atoms with Crippen molar-refractivity contribution in [1.82, 2.24) is 5.32 Å². The van der Waals surface area contributed by atoms with E-state index >= 15 is 0 Å². The van der Waals surface area contributed by atoms with Crippen molar-refractivity contribution < 1.29 is 9.53 Å². The molecule has 5 rings (SSSR count). The number of anilines is 1. The number of carbonyl (C=O) groups is 1. The number of thiocarbonyl (C=S) groups is 1. The number of hydrogen-bond acceptors (Lipinski definition) is 3. The van der Waals surface area contributed by atoms with E-state index in [2.05, 4.69) is 47.0 Å². The zero-order valence-electron chi connectivity index (χ0n) is 17.9. The first kappa shape index (κ1) is 20.9. The molecule has 0 unspecified atom stereocenters. The average Bonchev–Trinajstić information content (AvgIpc) is 3.21. The van der Waals surface area contributed by atoms with Gasteiger partial charge >= 0.3 is 0 Å². The second-order valence-electron chi connectivity index (χ2n) is 7.91. The molecule has 1 amide bonds. The van der Waals surface area contributed by atoms with Gasteiger partial charge in [-0.05, 0) is 82.9 Å². The second-order valence-corrected chi connectivity index (χ2v) is 8.32. The molecular formula is C28H22N2O2S. The highest BCUT2D eigenvalue weighted by molar-refractivity contribution is 7.80. The van der Waals surface area contributed by atoms with Crippen LogP contribution in [0.4, 0.5) is 5.69 Å². The van der Waals surface area contributed by atoms with E-state index < -0.39 is 0 Å². The van der Waals surface area contributed by atoms with Gasteiger partial charge in [-0.1, -0.05) is 60.7 Å². The molecule has 4 nitrogen and oxygen atoms in total. The molecule has 0 spiro atoms. The van der Waals surface area contributed by atoms with E-state index in [1.165, 1.54) is 22.3 Å². The van der Waals surface area contributed by atoms with Crippen LogP contribution in [0.3, 0.4) is 0 Å². The van der Waals surface area contributed by atoms with Crippen molar-refractivity contribution in [1.29, 1.82) is 0 Å². The van der Waals surface area contributed by atoms with E-state index in [0.717, 1.165) is 17.7 Å². The minimum atomic E-state index is -0.268. The molecule has 0 heterocycles. The van der Waals surface area contributed by atoms with Crippen molar-refractivity contribution in [2.75, 3.05) is 5.32 Å². The van der Waals surface area contributed by atoms with Gasteiger partial charge in [-0.25, -0.2) is 0 Å². The summed E-state index contributed by atoms with van der Waals surface area (Å²) in [7, 11) is 0. The molecule has 4 aromatic carbocycles. The van der Waals surface area contributed by atoms with Gasteiger partial charge in [0.1, 0.15) is 12.4 Å². The van der Waals surface area contributed by atoms with E-state index in [1.807, 2.05) is 36.4 Å². The number of amides is 1. The molecule has 4 aromatic rings. The van der Waals surface area contributed by atoms with Gasteiger partial charge in [-0.15, -0.1) is 0 Å². The molecule has 0 radical (unpaired) electrons. The summed E-state index contributed by atoms with van der Waals surface area (Å²) in [5, 5.41) is 6.13. The fraction of sp³-hybridized carbons (Fsp3) is 0.0714. The van der Waals surface area contributed by atoms with Gasteiger partial charge in [0.2, 0.25) is 0 Å². The number of hydrogen-bond donors (Lipinski definition) is 2. The molecule has 0 saturated carbocycles. The van der Waals surface area contributed by atoms with E-state index in [-0.39, 0.29) is 11.0 Å². The lowest BCUT2D eigenvalue weighted by Gasteiger charge is -2.11. The summed E-state index contributed by atoms with van der Waals surface area (Å²) in [4.78, 5) is 12.6. The van der Waals surface area contributed by atoms with Gasteiger partial charge in [0.05, 0.1) is 0 Å². The summed E-state index contributed by atoms with van der Waals surface area (Å²) in [5.74, 6) is 0.436. The van der Waals surface area contributed by atoms with Crippen molar-refractivity contribution in [3.05, 3.63) is 119 Å². The molecule has 0 aromatic heterocycles. The number of nitrogens with one attached hydrogen (secondary N) is 2. The van der Waals surface area contributed by atoms with E-state index in [1.54, 1.807) is 24.3 Å². The van der Waals surface area contributed by atoms with Gasteiger partial charge in [-0.2, -0.15) is 0 Å². The summed E-state index contributed by atoms with van der Waals surface area (Å²) >= 11 is 5.36. The minimum absolute atomic E-state index is 0.264. The molecule has 0 saturated heterocycles. The fourth-order valence-electron chi connectivity index (χ4n) is 4.00. The van der Waals surface area contributed by atoms with E-state index in [4.69, 9.17) is 17.0 Å². The van der Waals surface area contributed by atoms with Crippen LogP contribution in [0.25, 0.3) is 11.1 Å². The molecule has 5 heteroatoms. The van der Waals surface area contributed by atoms with Gasteiger partial charge < -0.3 is 10.1 Å². The standard InChI is InChI=1S/C28H22N2O2S/c31-27(20-10-13-24(14-11-20)32-18-19-6-2-1-3-7-19)30-28(33)29-23-12-15-26-22(17-23)16-21-8-4-5-9-25(21)26/h1-15,17H,16,18H2,(H2,29,30,31,33). The van der Waals surface area contributed by atoms with Gasteiger partial charge in [0.25, 0.3) is 5.91 Å². The Kier molecular flexibility index (Phi) is 5.87. The topological polar surface area (TPSA) is 50.4 Å². The van der Waals surface area contributed by atoms with Crippen LogP contribution >= 0.6 is 12.2 Å². The zero-order chi connectivity index (χ0) is 22.6. The first-order chi connectivity index (χ1) is 16.2. The molecule has 2 N–H and O–H groups in total. The van der Waals surface area contributed by atoms with Crippen LogP contribution in [0.15, 0.2) is 97.1 Å². The summed E-state index contributed by atoms with van der Waals surface area (Å²) in [5.41, 5.74) is 7.57. The summed E-state index contributed by atoms with van der Waals surface area (Å²) < 4.78 is 5.78. The fourth-order valence-corrected chi connectivity index (χ4v) is 4.21. The first-order valence-corrected chi connectivity index (χ1v) is 11.2. The third kappa shape index (κ3) is 4.78. The molecular weight excluding hydrogens is 428 g/mol. The molecule has 33 heavy (non-hydrogen) atoms. The SMILES string of the molecule is O=C(NC(=S)Nc1ccc2c(c1)Cc1ccccc1-2)c1ccc(OCc2ccccc2)cc1. The van der Waals surface area contributed by atoms with E-state index in [0.29, 0.717) is 17.9 Å². The molecule has 0 atom stereocenters. The van der Waals surface area contributed by atoms with Crippen molar-refractivity contribution >= 4 is 28.9 Å². The molecule has 0 bridgehead atoms. The van der Waals surface area contributed by atoms with Crippen molar-refractivity contribution in [2.45, 2.75) is 13.0 Å². The van der Waals surface area contributed by atoms with Crippen LogP contribution in [0.2, 0.25) is 0 Å². The molecule has 0 aliphatic heterocycles. The van der Waals surface area contributed by atoms with Crippen LogP contribution in [-0.2, 0) is 13.0 Å². The number of ether oxygens (including phenoxy) is 1. The Balaban J connectivity index is 1.17. The molecule has 0 fully saturated rings. The maximum Gasteiger partial charge on any atom is 0.257 e. The Hall–Kier alpha value is -3.96. The van der Waals surface area contributed by atoms with Gasteiger partial charge in [0, 0.05) is 11.3 Å². The molecule has 162 valence electrons. The predicted octanol–water partition coefficient (Wildman–Crippen LogP) is 5.96. The Morgan fingerprint density at radius 3 is 2.36 bits per heavy atom. The minimum Gasteiger partial charge on any atom is -0.489 e. The van der Waals surface area contributed by atoms with Crippen LogP contribution in [0.5, 0.6) is 5.75 Å². The highest BCUT2D eigenvalue weighted by Gasteiger charge is 2.18. The maximum absolute atomic E-state index is 12.6. The number of fused-ring (bicyclic) bond motifs is 3. The van der Waals surface area contributed by atoms with Crippen LogP contribution in [0, 0.1) is 0 Å². The Bertz CT molecular complexity index is 1320. The number of rotatable bonds is 5. The van der Waals surface area contributed by atoms with Crippen LogP contribution in [-0.4, -0.2) is 11.0 Å². The Labute approximate surface area is 198 Å². The first-order valence-electron chi connectivity index (χ1n) is 10.8.